The third-order valence-electron chi connectivity index (χ3n) is 0. The van der Waals surface area contributed by atoms with E-state index in [1.165, 1.54) is 0 Å². The van der Waals surface area contributed by atoms with Crippen molar-refractivity contribution in [1.29, 1.82) is 0 Å². The van der Waals surface area contributed by atoms with Crippen LogP contribution >= 0.6 is 0 Å². The second-order valence-electron chi connectivity index (χ2n) is 1.33. The Balaban J connectivity index is -0.0000000134. The fourth-order valence-electron chi connectivity index (χ4n) is 0. The minimum absolute atomic E-state index is 0. The van der Waals surface area contributed by atoms with Gasteiger partial charge in [-0.3, -0.25) is 0 Å². The molecule has 0 aliphatic heterocycles. The van der Waals surface area contributed by atoms with Gasteiger partial charge in [-0.2, -0.15) is 0 Å². The molecular weight excluding hydrogens is 415 g/mol. The summed E-state index contributed by atoms with van der Waals surface area (Å²) in [4.78, 5) is 42.2. The maximum Gasteiger partial charge on any atom is 1.00 e. The van der Waals surface area contributed by atoms with E-state index in [0.29, 0.717) is 0 Å². The van der Waals surface area contributed by atoms with Gasteiger partial charge < -0.3 is 75.0 Å². The SMILES string of the molecule is O=C([O-])O.O=C([O-])O.O=C([O-])O.O=C([O-])O.O=C([O-])O.[Na+].[Na+].[Na+].[Na+].[Na+]. The zero-order chi connectivity index (χ0) is 17.9. The van der Waals surface area contributed by atoms with Crippen molar-refractivity contribution in [3.8, 4) is 0 Å². The molecule has 0 unspecified atom stereocenters. The van der Waals surface area contributed by atoms with Crippen molar-refractivity contribution < 1.29 is 223 Å². The molecular formula is C5H5Na5O15. The minimum atomic E-state index is -2.08. The summed E-state index contributed by atoms with van der Waals surface area (Å²) in [6.45, 7) is 0. The van der Waals surface area contributed by atoms with Crippen molar-refractivity contribution in [2.24, 2.45) is 0 Å². The van der Waals surface area contributed by atoms with Crippen molar-refractivity contribution in [3.63, 3.8) is 0 Å². The Labute approximate surface area is 249 Å². The van der Waals surface area contributed by atoms with Crippen LogP contribution in [0.15, 0.2) is 0 Å². The van der Waals surface area contributed by atoms with E-state index in [0.717, 1.165) is 0 Å². The summed E-state index contributed by atoms with van der Waals surface area (Å²) in [5, 5.41) is 76.5. The summed E-state index contributed by atoms with van der Waals surface area (Å²) < 4.78 is 0. The molecule has 25 heavy (non-hydrogen) atoms. The van der Waals surface area contributed by atoms with Gasteiger partial charge in [-0.1, -0.05) is 0 Å². The van der Waals surface area contributed by atoms with Gasteiger partial charge in [0.25, 0.3) is 0 Å². The van der Waals surface area contributed by atoms with E-state index in [9.17, 15) is 0 Å². The second kappa shape index (κ2) is 56.2. The Hall–Kier alpha value is 1.35. The van der Waals surface area contributed by atoms with Crippen molar-refractivity contribution in [1.82, 2.24) is 0 Å². The molecule has 0 radical (unpaired) electrons. The molecule has 0 amide bonds. The standard InChI is InChI=1S/5CH2O3.5Na/c5*2-1(3)4;;;;;/h5*(H2,2,3,4);;;;;/q;;;;;5*+1/p-5. The molecule has 0 fully saturated rings. The zero-order valence-electron chi connectivity index (χ0n) is 13.8. The molecule has 5 N–H and O–H groups in total. The molecule has 120 valence electrons. The van der Waals surface area contributed by atoms with Gasteiger partial charge in [0, 0.05) is 0 Å². The molecule has 0 spiro atoms. The van der Waals surface area contributed by atoms with Crippen molar-refractivity contribution >= 4 is 30.8 Å². The van der Waals surface area contributed by atoms with Gasteiger partial charge in [-0.25, -0.2) is 0 Å². The Morgan fingerprint density at radius 3 is 0.360 bits per heavy atom. The predicted octanol–water partition coefficient (Wildman–Crippen LogP) is -20.5. The Morgan fingerprint density at radius 2 is 0.360 bits per heavy atom. The first-order valence-electron chi connectivity index (χ1n) is 3.16. The third kappa shape index (κ3) is 7580. The van der Waals surface area contributed by atoms with E-state index >= 15 is 0 Å². The molecule has 0 aromatic heterocycles. The maximum absolute atomic E-state index is 8.44. The van der Waals surface area contributed by atoms with Gasteiger partial charge >= 0.3 is 148 Å². The molecule has 20 heteroatoms. The fraction of sp³-hybridized carbons (Fsp3) is 0. The van der Waals surface area contributed by atoms with Gasteiger partial charge in [-0.15, -0.1) is 0 Å². The molecule has 0 saturated heterocycles. The van der Waals surface area contributed by atoms with E-state index in [4.69, 9.17) is 75.0 Å². The van der Waals surface area contributed by atoms with Gasteiger partial charge in [0.15, 0.2) is 0 Å². The summed E-state index contributed by atoms with van der Waals surface area (Å²) in [6, 6.07) is 0. The van der Waals surface area contributed by atoms with Crippen LogP contribution in [0, 0.1) is 0 Å². The molecule has 0 bridgehead atoms. The monoisotopic (exact) mass is 420 g/mol. The van der Waals surface area contributed by atoms with Crippen molar-refractivity contribution in [2.45, 2.75) is 0 Å². The number of rotatable bonds is 0. The number of carbonyl (C=O) groups is 5. The number of hydrogen-bond donors (Lipinski definition) is 5. The van der Waals surface area contributed by atoms with Crippen molar-refractivity contribution in [2.75, 3.05) is 0 Å². The Bertz CT molecular complexity index is 219. The van der Waals surface area contributed by atoms with Crippen LogP contribution in [0.3, 0.4) is 0 Å². The summed E-state index contributed by atoms with van der Waals surface area (Å²) in [7, 11) is 0. The van der Waals surface area contributed by atoms with E-state index in [1.807, 2.05) is 0 Å². The van der Waals surface area contributed by atoms with Crippen LogP contribution in [0.25, 0.3) is 0 Å². The molecule has 0 rings (SSSR count). The zero-order valence-corrected chi connectivity index (χ0v) is 23.8. The van der Waals surface area contributed by atoms with Crippen LogP contribution in [0.2, 0.25) is 0 Å². The summed E-state index contributed by atoms with van der Waals surface area (Å²) in [5.74, 6) is 0. The summed E-state index contributed by atoms with van der Waals surface area (Å²) in [5.41, 5.74) is 0. The molecule has 0 heterocycles. The largest absolute Gasteiger partial charge is 1.00 e. The molecule has 0 saturated carbocycles. The number of carboxylic acid groups (broad SMARTS) is 10. The minimum Gasteiger partial charge on any atom is -0.565 e. The first-order valence-corrected chi connectivity index (χ1v) is 3.16. The van der Waals surface area contributed by atoms with Gasteiger partial charge in [0.1, 0.15) is 0 Å². The quantitative estimate of drug-likeness (QED) is 0.227. The molecule has 0 aromatic rings. The van der Waals surface area contributed by atoms with E-state index in [2.05, 4.69) is 0 Å². The summed E-state index contributed by atoms with van der Waals surface area (Å²) in [6.07, 6.45) is -10.4. The van der Waals surface area contributed by atoms with E-state index in [1.54, 1.807) is 0 Å². The average Bonchev–Trinajstić information content (AvgIpc) is 1.94. The van der Waals surface area contributed by atoms with Crippen LogP contribution in [-0.2, 0) is 0 Å². The van der Waals surface area contributed by atoms with E-state index in [-0.39, 0.29) is 148 Å². The third-order valence-corrected chi connectivity index (χ3v) is 0. The van der Waals surface area contributed by atoms with E-state index < -0.39 is 30.8 Å². The molecule has 0 aliphatic rings. The fourth-order valence-corrected chi connectivity index (χ4v) is 0. The smallest absolute Gasteiger partial charge is 0.565 e. The Kier molecular flexibility index (Phi) is 142. The average molecular weight is 420 g/mol. The Morgan fingerprint density at radius 1 is 0.360 bits per heavy atom. The van der Waals surface area contributed by atoms with Gasteiger partial charge in [-0.05, 0) is 0 Å². The molecule has 0 atom stereocenters. The second-order valence-corrected chi connectivity index (χ2v) is 1.33. The van der Waals surface area contributed by atoms with Crippen LogP contribution in [0.1, 0.15) is 0 Å². The summed E-state index contributed by atoms with van der Waals surface area (Å²) >= 11 is 0. The van der Waals surface area contributed by atoms with Crippen LogP contribution in [-0.4, -0.2) is 56.3 Å². The normalized spacial score (nSPS) is 4.80. The maximum atomic E-state index is 8.44. The molecule has 15 nitrogen and oxygen atoms in total. The van der Waals surface area contributed by atoms with Crippen LogP contribution in [0.5, 0.6) is 0 Å². The first-order chi connectivity index (χ1) is 8.66. The molecule has 0 aliphatic carbocycles. The van der Waals surface area contributed by atoms with Crippen LogP contribution in [0.4, 0.5) is 24.0 Å². The van der Waals surface area contributed by atoms with Gasteiger partial charge in [0.05, 0.1) is 0 Å². The number of hydrogen-bond acceptors (Lipinski definition) is 10. The van der Waals surface area contributed by atoms with Crippen molar-refractivity contribution in [3.05, 3.63) is 0 Å². The topological polar surface area (TPSA) is 302 Å². The first kappa shape index (κ1) is 63.3. The predicted molar refractivity (Wildman–Crippen MR) is 40.1 cm³/mol. The molecule has 0 aromatic carbocycles. The van der Waals surface area contributed by atoms with Crippen LogP contribution < -0.4 is 173 Å². The van der Waals surface area contributed by atoms with Gasteiger partial charge in [0.2, 0.25) is 30.8 Å².